The van der Waals surface area contributed by atoms with Crippen molar-refractivity contribution in [3.63, 3.8) is 0 Å². The van der Waals surface area contributed by atoms with Gasteiger partial charge in [-0.05, 0) is 54.5 Å². The standard InChI is InChI=1S/C25H33N3O4/c1-18(2)20-8-10-21(11-9-20)32-17-24(29)26-16-19-12-14-28(15-13-19)25(30)27-22-6-4-5-7-23(22)31-3/h4-11,18-19H,12-17H2,1-3H3,(H,26,29)(H,27,30). The minimum atomic E-state index is -0.131. The largest absolute Gasteiger partial charge is 0.495 e. The number of methoxy groups -OCH3 is 1. The molecule has 1 fully saturated rings. The Hall–Kier alpha value is -3.22. The number of hydrogen-bond acceptors (Lipinski definition) is 4. The molecule has 172 valence electrons. The number of benzene rings is 2. The lowest BCUT2D eigenvalue weighted by atomic mass is 9.97. The zero-order chi connectivity index (χ0) is 22.9. The molecule has 0 unspecified atom stereocenters. The summed E-state index contributed by atoms with van der Waals surface area (Å²) in [6.07, 6.45) is 1.69. The maximum absolute atomic E-state index is 12.6. The van der Waals surface area contributed by atoms with Gasteiger partial charge in [-0.15, -0.1) is 0 Å². The number of likely N-dealkylation sites (tertiary alicyclic amines) is 1. The Balaban J connectivity index is 1.35. The van der Waals surface area contributed by atoms with Crippen molar-refractivity contribution >= 4 is 17.6 Å². The fraction of sp³-hybridized carbons (Fsp3) is 0.440. The van der Waals surface area contributed by atoms with Crippen LogP contribution in [0.1, 0.15) is 38.2 Å². The molecule has 1 aliphatic heterocycles. The molecule has 1 heterocycles. The third-order valence-electron chi connectivity index (χ3n) is 5.75. The first-order valence-electron chi connectivity index (χ1n) is 11.1. The summed E-state index contributed by atoms with van der Waals surface area (Å²) in [7, 11) is 1.58. The van der Waals surface area contributed by atoms with Crippen molar-refractivity contribution in [2.75, 3.05) is 38.7 Å². The summed E-state index contributed by atoms with van der Waals surface area (Å²) in [5.74, 6) is 2.01. The van der Waals surface area contributed by atoms with Gasteiger partial charge in [0.25, 0.3) is 5.91 Å². The Bertz CT molecular complexity index is 890. The summed E-state index contributed by atoms with van der Waals surface area (Å²) in [6, 6.07) is 15.1. The van der Waals surface area contributed by atoms with Gasteiger partial charge in [0.1, 0.15) is 11.5 Å². The van der Waals surface area contributed by atoms with Crippen LogP contribution >= 0.6 is 0 Å². The van der Waals surface area contributed by atoms with Crippen LogP contribution in [0.25, 0.3) is 0 Å². The van der Waals surface area contributed by atoms with Gasteiger partial charge < -0.3 is 25.0 Å². The normalized spacial score (nSPS) is 14.2. The lowest BCUT2D eigenvalue weighted by Crippen LogP contribution is -2.43. The molecule has 0 radical (unpaired) electrons. The van der Waals surface area contributed by atoms with Crippen LogP contribution in [0.5, 0.6) is 11.5 Å². The molecule has 2 N–H and O–H groups in total. The highest BCUT2D eigenvalue weighted by molar-refractivity contribution is 5.91. The van der Waals surface area contributed by atoms with Crippen LogP contribution in [0.3, 0.4) is 0 Å². The SMILES string of the molecule is COc1ccccc1NC(=O)N1CCC(CNC(=O)COc2ccc(C(C)C)cc2)CC1. The molecule has 0 aromatic heterocycles. The summed E-state index contributed by atoms with van der Waals surface area (Å²) in [4.78, 5) is 26.5. The number of carbonyl (C=O) groups is 2. The summed E-state index contributed by atoms with van der Waals surface area (Å²) in [5, 5.41) is 5.87. The van der Waals surface area contributed by atoms with Crippen LogP contribution in [-0.2, 0) is 4.79 Å². The first-order valence-corrected chi connectivity index (χ1v) is 11.1. The van der Waals surface area contributed by atoms with Crippen LogP contribution in [0.4, 0.5) is 10.5 Å². The molecule has 2 aromatic rings. The van der Waals surface area contributed by atoms with Gasteiger partial charge in [0.15, 0.2) is 6.61 Å². The average Bonchev–Trinajstić information content (AvgIpc) is 2.82. The molecule has 7 heteroatoms. The second kappa shape index (κ2) is 11.4. The number of rotatable bonds is 8. The lowest BCUT2D eigenvalue weighted by Gasteiger charge is -2.32. The highest BCUT2D eigenvalue weighted by Gasteiger charge is 2.23. The van der Waals surface area contributed by atoms with Gasteiger partial charge in [-0.2, -0.15) is 0 Å². The van der Waals surface area contributed by atoms with Gasteiger partial charge >= 0.3 is 6.03 Å². The molecule has 0 atom stereocenters. The van der Waals surface area contributed by atoms with E-state index < -0.39 is 0 Å². The molecule has 1 aliphatic rings. The number of amides is 3. The highest BCUT2D eigenvalue weighted by Crippen LogP contribution is 2.24. The Morgan fingerprint density at radius 3 is 2.41 bits per heavy atom. The molecule has 0 saturated carbocycles. The molecule has 3 rings (SSSR count). The summed E-state index contributed by atoms with van der Waals surface area (Å²) >= 11 is 0. The molecular weight excluding hydrogens is 406 g/mol. The van der Waals surface area contributed by atoms with E-state index in [-0.39, 0.29) is 18.5 Å². The Morgan fingerprint density at radius 2 is 1.75 bits per heavy atom. The first-order chi connectivity index (χ1) is 15.5. The van der Waals surface area contributed by atoms with Crippen LogP contribution in [-0.4, -0.2) is 50.2 Å². The van der Waals surface area contributed by atoms with Gasteiger partial charge in [-0.25, -0.2) is 4.79 Å². The fourth-order valence-corrected chi connectivity index (χ4v) is 3.69. The fourth-order valence-electron chi connectivity index (χ4n) is 3.69. The van der Waals surface area contributed by atoms with Crippen molar-refractivity contribution in [1.82, 2.24) is 10.2 Å². The molecule has 0 spiro atoms. The van der Waals surface area contributed by atoms with Gasteiger partial charge in [0, 0.05) is 19.6 Å². The summed E-state index contributed by atoms with van der Waals surface area (Å²) in [5.41, 5.74) is 1.90. The highest BCUT2D eigenvalue weighted by atomic mass is 16.5. The van der Waals surface area contributed by atoms with Crippen LogP contribution in [0.15, 0.2) is 48.5 Å². The molecule has 2 aromatic carbocycles. The van der Waals surface area contributed by atoms with Crippen molar-refractivity contribution < 1.29 is 19.1 Å². The summed E-state index contributed by atoms with van der Waals surface area (Å²) < 4.78 is 10.9. The minimum Gasteiger partial charge on any atom is -0.495 e. The van der Waals surface area contributed by atoms with E-state index >= 15 is 0 Å². The van der Waals surface area contributed by atoms with E-state index in [1.807, 2.05) is 48.5 Å². The van der Waals surface area contributed by atoms with Crippen molar-refractivity contribution in [3.8, 4) is 11.5 Å². The third-order valence-corrected chi connectivity index (χ3v) is 5.75. The monoisotopic (exact) mass is 439 g/mol. The van der Waals surface area contributed by atoms with Crippen LogP contribution in [0, 0.1) is 5.92 Å². The predicted molar refractivity (Wildman–Crippen MR) is 125 cm³/mol. The molecule has 0 bridgehead atoms. The molecule has 7 nitrogen and oxygen atoms in total. The number of piperidine rings is 1. The summed E-state index contributed by atoms with van der Waals surface area (Å²) in [6.45, 7) is 6.18. The van der Waals surface area contributed by atoms with E-state index in [0.717, 1.165) is 12.8 Å². The Morgan fingerprint density at radius 1 is 1.06 bits per heavy atom. The van der Waals surface area contributed by atoms with Crippen molar-refractivity contribution in [2.24, 2.45) is 5.92 Å². The van der Waals surface area contributed by atoms with E-state index in [9.17, 15) is 9.59 Å². The lowest BCUT2D eigenvalue weighted by molar-refractivity contribution is -0.123. The van der Waals surface area contributed by atoms with Gasteiger partial charge in [-0.1, -0.05) is 38.1 Å². The molecule has 32 heavy (non-hydrogen) atoms. The van der Waals surface area contributed by atoms with Crippen molar-refractivity contribution in [1.29, 1.82) is 0 Å². The first kappa shape index (κ1) is 23.4. The number of nitrogens with zero attached hydrogens (tertiary/aromatic N) is 1. The number of hydrogen-bond donors (Lipinski definition) is 2. The number of ether oxygens (including phenoxy) is 2. The van der Waals surface area contributed by atoms with Gasteiger partial charge in [0.2, 0.25) is 0 Å². The number of anilines is 1. The molecule has 0 aliphatic carbocycles. The zero-order valence-electron chi connectivity index (χ0n) is 19.1. The third kappa shape index (κ3) is 6.64. The quantitative estimate of drug-likeness (QED) is 0.644. The Kier molecular flexibility index (Phi) is 8.36. The average molecular weight is 440 g/mol. The second-order valence-corrected chi connectivity index (χ2v) is 8.38. The zero-order valence-corrected chi connectivity index (χ0v) is 19.1. The minimum absolute atomic E-state index is 0.00118. The van der Waals surface area contributed by atoms with Gasteiger partial charge in [0.05, 0.1) is 12.8 Å². The maximum atomic E-state index is 12.6. The number of urea groups is 1. The second-order valence-electron chi connectivity index (χ2n) is 8.38. The maximum Gasteiger partial charge on any atom is 0.321 e. The van der Waals surface area contributed by atoms with E-state index in [2.05, 4.69) is 24.5 Å². The van der Waals surface area contributed by atoms with E-state index in [0.29, 0.717) is 48.7 Å². The molecule has 3 amide bonds. The van der Waals surface area contributed by atoms with Crippen molar-refractivity contribution in [2.45, 2.75) is 32.6 Å². The molecule has 1 saturated heterocycles. The Labute approximate surface area is 190 Å². The topological polar surface area (TPSA) is 79.9 Å². The number of nitrogens with one attached hydrogen (secondary N) is 2. The van der Waals surface area contributed by atoms with Crippen LogP contribution in [0.2, 0.25) is 0 Å². The van der Waals surface area contributed by atoms with E-state index in [1.165, 1.54) is 5.56 Å². The molecular formula is C25H33N3O4. The van der Waals surface area contributed by atoms with E-state index in [4.69, 9.17) is 9.47 Å². The van der Waals surface area contributed by atoms with E-state index in [1.54, 1.807) is 12.0 Å². The smallest absolute Gasteiger partial charge is 0.321 e. The number of para-hydroxylation sites is 2. The van der Waals surface area contributed by atoms with Crippen LogP contribution < -0.4 is 20.1 Å². The number of carbonyl (C=O) groups excluding carboxylic acids is 2. The van der Waals surface area contributed by atoms with Gasteiger partial charge in [-0.3, -0.25) is 4.79 Å². The predicted octanol–water partition coefficient (Wildman–Crippen LogP) is 4.26. The van der Waals surface area contributed by atoms with Crippen molar-refractivity contribution in [3.05, 3.63) is 54.1 Å².